The number of hydrogen-bond donors (Lipinski definition) is 1. The molecule has 0 fully saturated rings. The average Bonchev–Trinajstić information content (AvgIpc) is 2.34. The Bertz CT molecular complexity index is 310. The molecule has 86 valence electrons. The molecule has 1 N–H and O–H groups in total. The van der Waals surface area contributed by atoms with Gasteiger partial charge in [-0.05, 0) is 24.8 Å². The third kappa shape index (κ3) is 5.00. The zero-order valence-corrected chi connectivity index (χ0v) is 10.1. The fourth-order valence-electron chi connectivity index (χ4n) is 1.89. The van der Waals surface area contributed by atoms with E-state index in [1.807, 2.05) is 0 Å². The molecule has 0 bridgehead atoms. The van der Waals surface area contributed by atoms with Crippen molar-refractivity contribution in [2.24, 2.45) is 0 Å². The molecule has 0 radical (unpaired) electrons. The molecule has 1 rings (SSSR count). The summed E-state index contributed by atoms with van der Waals surface area (Å²) in [6.07, 6.45) is 9.97. The van der Waals surface area contributed by atoms with Crippen LogP contribution in [0.1, 0.15) is 31.7 Å². The molecule has 0 aromatic heterocycles. The van der Waals surface area contributed by atoms with Crippen LogP contribution in [0.15, 0.2) is 30.3 Å². The second-order valence-electron chi connectivity index (χ2n) is 4.09. The molecule has 16 heavy (non-hydrogen) atoms. The maximum Gasteiger partial charge on any atom is 0.0575 e. The lowest BCUT2D eigenvalue weighted by Crippen LogP contribution is -2.29. The molecule has 1 aromatic rings. The standard InChI is InChI=1S/C15H21N/c1-3-8-15(16-13-4-2)12-11-14-9-6-5-7-10-14/h2,5-7,9-10,15-16H,3,8,11-13H2,1H3. The van der Waals surface area contributed by atoms with Gasteiger partial charge in [-0.15, -0.1) is 6.42 Å². The highest BCUT2D eigenvalue weighted by atomic mass is 14.9. The van der Waals surface area contributed by atoms with Crippen molar-refractivity contribution in [3.8, 4) is 12.3 Å². The summed E-state index contributed by atoms with van der Waals surface area (Å²) in [5.41, 5.74) is 1.41. The van der Waals surface area contributed by atoms with E-state index in [0.717, 1.165) is 6.42 Å². The first-order valence-electron chi connectivity index (χ1n) is 6.07. The fraction of sp³-hybridized carbons (Fsp3) is 0.467. The van der Waals surface area contributed by atoms with Gasteiger partial charge >= 0.3 is 0 Å². The summed E-state index contributed by atoms with van der Waals surface area (Å²) in [6.45, 7) is 2.90. The first kappa shape index (κ1) is 12.8. The van der Waals surface area contributed by atoms with Crippen LogP contribution in [0.2, 0.25) is 0 Å². The van der Waals surface area contributed by atoms with Crippen LogP contribution < -0.4 is 5.32 Å². The molecule has 0 aliphatic heterocycles. The van der Waals surface area contributed by atoms with Crippen molar-refractivity contribution in [3.63, 3.8) is 0 Å². The topological polar surface area (TPSA) is 12.0 Å². The highest BCUT2D eigenvalue weighted by Crippen LogP contribution is 2.08. The first-order chi connectivity index (χ1) is 7.86. The lowest BCUT2D eigenvalue weighted by molar-refractivity contribution is 0.471. The molecule has 0 aliphatic rings. The maximum absolute atomic E-state index is 5.27. The van der Waals surface area contributed by atoms with Gasteiger partial charge in [-0.3, -0.25) is 0 Å². The Labute approximate surface area is 99.3 Å². The summed E-state index contributed by atoms with van der Waals surface area (Å²) in [4.78, 5) is 0. The van der Waals surface area contributed by atoms with Crippen molar-refractivity contribution >= 4 is 0 Å². The number of benzene rings is 1. The number of nitrogens with one attached hydrogen (secondary N) is 1. The van der Waals surface area contributed by atoms with Gasteiger partial charge in [-0.2, -0.15) is 0 Å². The summed E-state index contributed by atoms with van der Waals surface area (Å²) < 4.78 is 0. The third-order valence-electron chi connectivity index (χ3n) is 2.75. The largest absolute Gasteiger partial charge is 0.303 e. The molecule has 1 heteroatoms. The Hall–Kier alpha value is -1.26. The lowest BCUT2D eigenvalue weighted by Gasteiger charge is -2.16. The van der Waals surface area contributed by atoms with E-state index in [1.54, 1.807) is 0 Å². The quantitative estimate of drug-likeness (QED) is 0.689. The minimum Gasteiger partial charge on any atom is -0.303 e. The van der Waals surface area contributed by atoms with Crippen LogP contribution in [0.5, 0.6) is 0 Å². The van der Waals surface area contributed by atoms with Crippen LogP contribution in [0.3, 0.4) is 0 Å². The van der Waals surface area contributed by atoms with E-state index in [9.17, 15) is 0 Å². The molecule has 1 aromatic carbocycles. The van der Waals surface area contributed by atoms with Crippen molar-refractivity contribution in [3.05, 3.63) is 35.9 Å². The van der Waals surface area contributed by atoms with E-state index in [4.69, 9.17) is 6.42 Å². The molecule has 1 unspecified atom stereocenters. The normalized spacial score (nSPS) is 12.0. The average molecular weight is 215 g/mol. The van der Waals surface area contributed by atoms with Gasteiger partial charge in [0.2, 0.25) is 0 Å². The van der Waals surface area contributed by atoms with Gasteiger partial charge in [-0.1, -0.05) is 49.6 Å². The minimum atomic E-state index is 0.557. The van der Waals surface area contributed by atoms with Crippen LogP contribution in [0.4, 0.5) is 0 Å². The second kappa shape index (κ2) is 7.96. The van der Waals surface area contributed by atoms with E-state index in [2.05, 4.69) is 48.5 Å². The van der Waals surface area contributed by atoms with Gasteiger partial charge in [-0.25, -0.2) is 0 Å². The molecular formula is C15H21N. The lowest BCUT2D eigenvalue weighted by atomic mass is 10.0. The van der Waals surface area contributed by atoms with E-state index in [1.165, 1.54) is 24.8 Å². The van der Waals surface area contributed by atoms with E-state index < -0.39 is 0 Å². The second-order valence-corrected chi connectivity index (χ2v) is 4.09. The molecule has 0 amide bonds. The summed E-state index contributed by atoms with van der Waals surface area (Å²) >= 11 is 0. The predicted molar refractivity (Wildman–Crippen MR) is 70.3 cm³/mol. The molecule has 1 atom stereocenters. The van der Waals surface area contributed by atoms with Gasteiger partial charge in [0.15, 0.2) is 0 Å². The monoisotopic (exact) mass is 215 g/mol. The Morgan fingerprint density at radius 3 is 2.62 bits per heavy atom. The number of hydrogen-bond acceptors (Lipinski definition) is 1. The smallest absolute Gasteiger partial charge is 0.0575 e. The molecule has 1 nitrogen and oxygen atoms in total. The van der Waals surface area contributed by atoms with Crippen LogP contribution >= 0.6 is 0 Å². The summed E-state index contributed by atoms with van der Waals surface area (Å²) in [5.74, 6) is 2.64. The van der Waals surface area contributed by atoms with Crippen molar-refractivity contribution in [2.75, 3.05) is 6.54 Å². The molecule has 0 heterocycles. The minimum absolute atomic E-state index is 0.557. The highest BCUT2D eigenvalue weighted by molar-refractivity contribution is 5.14. The van der Waals surface area contributed by atoms with Crippen molar-refractivity contribution in [2.45, 2.75) is 38.6 Å². The van der Waals surface area contributed by atoms with E-state index in [-0.39, 0.29) is 0 Å². The van der Waals surface area contributed by atoms with Crippen LogP contribution in [-0.2, 0) is 6.42 Å². The van der Waals surface area contributed by atoms with Gasteiger partial charge in [0.1, 0.15) is 0 Å². The molecule has 0 saturated heterocycles. The van der Waals surface area contributed by atoms with E-state index in [0.29, 0.717) is 12.6 Å². The van der Waals surface area contributed by atoms with Gasteiger partial charge in [0, 0.05) is 6.04 Å². The third-order valence-corrected chi connectivity index (χ3v) is 2.75. The Morgan fingerprint density at radius 1 is 1.25 bits per heavy atom. The molecule has 0 spiro atoms. The van der Waals surface area contributed by atoms with Gasteiger partial charge in [0.05, 0.1) is 6.54 Å². The number of rotatable bonds is 7. The summed E-state index contributed by atoms with van der Waals surface area (Å²) in [7, 11) is 0. The van der Waals surface area contributed by atoms with Gasteiger partial charge in [0.25, 0.3) is 0 Å². The molecular weight excluding hydrogens is 194 g/mol. The number of terminal acetylenes is 1. The predicted octanol–water partition coefficient (Wildman–Crippen LogP) is 3.01. The SMILES string of the molecule is C#CCNC(CCC)CCc1ccccc1. The van der Waals surface area contributed by atoms with Crippen LogP contribution in [0.25, 0.3) is 0 Å². The van der Waals surface area contributed by atoms with Crippen molar-refractivity contribution in [1.82, 2.24) is 5.32 Å². The van der Waals surface area contributed by atoms with Crippen LogP contribution in [-0.4, -0.2) is 12.6 Å². The highest BCUT2D eigenvalue weighted by Gasteiger charge is 2.05. The zero-order valence-electron chi connectivity index (χ0n) is 10.1. The Morgan fingerprint density at radius 2 is 2.00 bits per heavy atom. The Balaban J connectivity index is 2.35. The van der Waals surface area contributed by atoms with Crippen LogP contribution in [0, 0.1) is 12.3 Å². The van der Waals surface area contributed by atoms with Crippen molar-refractivity contribution in [1.29, 1.82) is 0 Å². The maximum atomic E-state index is 5.27. The summed E-state index contributed by atoms with van der Waals surface area (Å²) in [6, 6.07) is 11.2. The van der Waals surface area contributed by atoms with Crippen molar-refractivity contribution < 1.29 is 0 Å². The fourth-order valence-corrected chi connectivity index (χ4v) is 1.89. The Kier molecular flexibility index (Phi) is 6.37. The molecule has 0 saturated carbocycles. The van der Waals surface area contributed by atoms with E-state index >= 15 is 0 Å². The zero-order chi connectivity index (χ0) is 11.6. The van der Waals surface area contributed by atoms with Gasteiger partial charge < -0.3 is 5.32 Å². The first-order valence-corrected chi connectivity index (χ1v) is 6.07. The number of aryl methyl sites for hydroxylation is 1. The molecule has 0 aliphatic carbocycles. The summed E-state index contributed by atoms with van der Waals surface area (Å²) in [5, 5.41) is 3.40.